The van der Waals surface area contributed by atoms with Gasteiger partial charge in [-0.2, -0.15) is 0 Å². The first-order valence-electron chi connectivity index (χ1n) is 6.92. The van der Waals surface area contributed by atoms with Crippen LogP contribution < -0.4 is 10.1 Å². The molecule has 0 aliphatic heterocycles. The molecule has 3 nitrogen and oxygen atoms in total. The van der Waals surface area contributed by atoms with Crippen LogP contribution in [0, 0.1) is 6.92 Å². The number of ether oxygens (including phenoxy) is 1. The van der Waals surface area contributed by atoms with E-state index in [1.54, 1.807) is 0 Å². The number of para-hydroxylation sites is 1. The molecular formula is C17H19NO2S. The fraction of sp³-hybridized carbons (Fsp3) is 0.235. The largest absolute Gasteiger partial charge is 0.494 e. The zero-order chi connectivity index (χ0) is 15.1. The third-order valence-corrected chi connectivity index (χ3v) is 3.41. The van der Waals surface area contributed by atoms with Gasteiger partial charge in [-0.05, 0) is 37.6 Å². The van der Waals surface area contributed by atoms with Crippen molar-refractivity contribution in [1.82, 2.24) is 0 Å². The number of amides is 1. The monoisotopic (exact) mass is 301 g/mol. The molecule has 0 heterocycles. The molecule has 4 heteroatoms. The molecule has 0 saturated heterocycles. The van der Waals surface area contributed by atoms with Gasteiger partial charge in [0.2, 0.25) is 5.91 Å². The highest BCUT2D eigenvalue weighted by atomic mass is 32.1. The first kappa shape index (κ1) is 15.4. The molecule has 0 aliphatic carbocycles. The minimum atomic E-state index is -0.0241. The van der Waals surface area contributed by atoms with Gasteiger partial charge in [0.05, 0.1) is 12.3 Å². The average Bonchev–Trinajstić information content (AvgIpc) is 2.48. The van der Waals surface area contributed by atoms with Gasteiger partial charge in [0.15, 0.2) is 0 Å². The van der Waals surface area contributed by atoms with Crippen molar-refractivity contribution in [3.05, 3.63) is 54.1 Å². The van der Waals surface area contributed by atoms with E-state index in [-0.39, 0.29) is 5.91 Å². The predicted molar refractivity (Wildman–Crippen MR) is 88.2 cm³/mol. The Balaban J connectivity index is 1.70. The summed E-state index contributed by atoms with van der Waals surface area (Å²) < 4.78 is 5.59. The molecule has 2 rings (SSSR count). The second-order valence-electron chi connectivity index (χ2n) is 4.83. The number of hydrogen-bond acceptors (Lipinski definition) is 3. The number of thiol groups is 1. The van der Waals surface area contributed by atoms with Gasteiger partial charge in [0.1, 0.15) is 5.75 Å². The molecule has 0 atom stereocenters. The lowest BCUT2D eigenvalue weighted by Gasteiger charge is -2.08. The zero-order valence-electron chi connectivity index (χ0n) is 12.0. The Labute approximate surface area is 130 Å². The number of carbonyl (C=O) groups is 1. The van der Waals surface area contributed by atoms with Gasteiger partial charge >= 0.3 is 0 Å². The van der Waals surface area contributed by atoms with E-state index < -0.39 is 0 Å². The summed E-state index contributed by atoms with van der Waals surface area (Å²) >= 11 is 4.30. The maximum atomic E-state index is 11.8. The SMILES string of the molecule is Cc1ccc(OCCCC(=O)Nc2ccccc2S)cc1. The molecule has 0 fully saturated rings. The average molecular weight is 301 g/mol. The van der Waals surface area contributed by atoms with Crippen LogP contribution in [0.25, 0.3) is 0 Å². The highest BCUT2D eigenvalue weighted by Gasteiger charge is 2.04. The number of aryl methyl sites for hydroxylation is 1. The third kappa shape index (κ3) is 5.16. The van der Waals surface area contributed by atoms with Crippen molar-refractivity contribution in [2.75, 3.05) is 11.9 Å². The van der Waals surface area contributed by atoms with E-state index in [9.17, 15) is 4.79 Å². The summed E-state index contributed by atoms with van der Waals surface area (Å²) in [6.07, 6.45) is 1.10. The molecule has 0 radical (unpaired) electrons. The summed E-state index contributed by atoms with van der Waals surface area (Å²) in [6.45, 7) is 2.56. The van der Waals surface area contributed by atoms with Crippen LogP contribution >= 0.6 is 12.6 Å². The van der Waals surface area contributed by atoms with Crippen molar-refractivity contribution in [2.24, 2.45) is 0 Å². The Kier molecular flexibility index (Phi) is 5.69. The second-order valence-corrected chi connectivity index (χ2v) is 5.31. The molecule has 110 valence electrons. The van der Waals surface area contributed by atoms with Crippen LogP contribution in [0.15, 0.2) is 53.4 Å². The van der Waals surface area contributed by atoms with Crippen molar-refractivity contribution in [2.45, 2.75) is 24.7 Å². The van der Waals surface area contributed by atoms with Gasteiger partial charge in [0, 0.05) is 11.3 Å². The Morgan fingerprint density at radius 3 is 2.57 bits per heavy atom. The van der Waals surface area contributed by atoms with E-state index in [4.69, 9.17) is 4.74 Å². The van der Waals surface area contributed by atoms with E-state index in [1.807, 2.05) is 55.5 Å². The third-order valence-electron chi connectivity index (χ3n) is 3.02. The van der Waals surface area contributed by atoms with Crippen molar-refractivity contribution >= 4 is 24.2 Å². The Morgan fingerprint density at radius 1 is 1.14 bits per heavy atom. The van der Waals surface area contributed by atoms with Crippen LogP contribution in [0.1, 0.15) is 18.4 Å². The summed E-state index contributed by atoms with van der Waals surface area (Å²) in [5.41, 5.74) is 1.94. The highest BCUT2D eigenvalue weighted by molar-refractivity contribution is 7.80. The van der Waals surface area contributed by atoms with Gasteiger partial charge in [0.25, 0.3) is 0 Å². The van der Waals surface area contributed by atoms with Gasteiger partial charge in [-0.25, -0.2) is 0 Å². The topological polar surface area (TPSA) is 38.3 Å². The molecule has 2 aromatic rings. The van der Waals surface area contributed by atoms with Crippen LogP contribution in [0.4, 0.5) is 5.69 Å². The Morgan fingerprint density at radius 2 is 1.86 bits per heavy atom. The lowest BCUT2D eigenvalue weighted by molar-refractivity contribution is -0.116. The minimum Gasteiger partial charge on any atom is -0.494 e. The lowest BCUT2D eigenvalue weighted by Crippen LogP contribution is -2.13. The fourth-order valence-corrected chi connectivity index (χ4v) is 2.07. The summed E-state index contributed by atoms with van der Waals surface area (Å²) in [6, 6.07) is 15.3. The molecule has 0 saturated carbocycles. The van der Waals surface area contributed by atoms with E-state index >= 15 is 0 Å². The molecule has 1 N–H and O–H groups in total. The predicted octanol–water partition coefficient (Wildman–Crippen LogP) is 4.08. The minimum absolute atomic E-state index is 0.0241. The molecule has 1 amide bonds. The smallest absolute Gasteiger partial charge is 0.224 e. The number of benzene rings is 2. The Bertz CT molecular complexity index is 596. The molecule has 2 aromatic carbocycles. The normalized spacial score (nSPS) is 10.2. The molecule has 21 heavy (non-hydrogen) atoms. The number of nitrogens with one attached hydrogen (secondary N) is 1. The van der Waals surface area contributed by atoms with Gasteiger partial charge in [-0.1, -0.05) is 29.8 Å². The zero-order valence-corrected chi connectivity index (χ0v) is 12.9. The molecule has 0 bridgehead atoms. The first-order chi connectivity index (χ1) is 10.1. The van der Waals surface area contributed by atoms with Crippen LogP contribution in [0.3, 0.4) is 0 Å². The Hall–Kier alpha value is -1.94. The fourth-order valence-electron chi connectivity index (χ4n) is 1.85. The summed E-state index contributed by atoms with van der Waals surface area (Å²) in [5.74, 6) is 0.811. The van der Waals surface area contributed by atoms with Crippen molar-refractivity contribution < 1.29 is 9.53 Å². The first-order valence-corrected chi connectivity index (χ1v) is 7.37. The van der Waals surface area contributed by atoms with Crippen molar-refractivity contribution in [3.8, 4) is 5.75 Å². The molecular weight excluding hydrogens is 282 g/mol. The summed E-state index contributed by atoms with van der Waals surface area (Å²) in [7, 11) is 0. The van der Waals surface area contributed by atoms with E-state index in [2.05, 4.69) is 17.9 Å². The number of carbonyl (C=O) groups excluding carboxylic acids is 1. The summed E-state index contributed by atoms with van der Waals surface area (Å²) in [5, 5.41) is 2.85. The van der Waals surface area contributed by atoms with E-state index in [1.165, 1.54) is 5.56 Å². The van der Waals surface area contributed by atoms with Gasteiger partial charge < -0.3 is 10.1 Å². The lowest BCUT2D eigenvalue weighted by atomic mass is 10.2. The number of anilines is 1. The van der Waals surface area contributed by atoms with E-state index in [0.717, 1.165) is 16.3 Å². The van der Waals surface area contributed by atoms with Crippen LogP contribution in [0.5, 0.6) is 5.75 Å². The number of hydrogen-bond donors (Lipinski definition) is 2. The van der Waals surface area contributed by atoms with Gasteiger partial charge in [-0.3, -0.25) is 4.79 Å². The molecule has 0 aliphatic rings. The maximum absolute atomic E-state index is 11.8. The van der Waals surface area contributed by atoms with Crippen molar-refractivity contribution in [1.29, 1.82) is 0 Å². The quantitative estimate of drug-likeness (QED) is 0.623. The van der Waals surface area contributed by atoms with Crippen LogP contribution in [0.2, 0.25) is 0 Å². The molecule has 0 unspecified atom stereocenters. The highest BCUT2D eigenvalue weighted by Crippen LogP contribution is 2.18. The van der Waals surface area contributed by atoms with E-state index in [0.29, 0.717) is 19.4 Å². The van der Waals surface area contributed by atoms with Crippen LogP contribution in [-0.2, 0) is 4.79 Å². The van der Waals surface area contributed by atoms with Gasteiger partial charge in [-0.15, -0.1) is 12.6 Å². The summed E-state index contributed by atoms with van der Waals surface area (Å²) in [4.78, 5) is 12.6. The van der Waals surface area contributed by atoms with Crippen LogP contribution in [-0.4, -0.2) is 12.5 Å². The molecule has 0 spiro atoms. The maximum Gasteiger partial charge on any atom is 0.224 e. The number of rotatable bonds is 6. The standard InChI is InChI=1S/C17H19NO2S/c1-13-8-10-14(11-9-13)20-12-4-7-17(19)18-15-5-2-3-6-16(15)21/h2-3,5-6,8-11,21H,4,7,12H2,1H3,(H,18,19). The second kappa shape index (κ2) is 7.74. The molecule has 0 aromatic heterocycles. The van der Waals surface area contributed by atoms with Crippen molar-refractivity contribution in [3.63, 3.8) is 0 Å².